The quantitative estimate of drug-likeness (QED) is 0.620. The lowest BCUT2D eigenvalue weighted by Gasteiger charge is -2.02. The van der Waals surface area contributed by atoms with Crippen molar-refractivity contribution < 1.29 is 4.79 Å². The number of carbonyl (C=O) groups is 1. The number of amides is 1. The minimum Gasteiger partial charge on any atom is -0.300 e. The van der Waals surface area contributed by atoms with Crippen LogP contribution >= 0.6 is 39.0 Å². The van der Waals surface area contributed by atoms with Gasteiger partial charge in [0.15, 0.2) is 0 Å². The van der Waals surface area contributed by atoms with E-state index in [0.717, 1.165) is 20.8 Å². The predicted octanol–water partition coefficient (Wildman–Crippen LogP) is 4.84. The van der Waals surface area contributed by atoms with E-state index in [1.54, 1.807) is 11.8 Å². The summed E-state index contributed by atoms with van der Waals surface area (Å²) in [5, 5.41) is 12.3. The zero-order valence-electron chi connectivity index (χ0n) is 12.6. The summed E-state index contributed by atoms with van der Waals surface area (Å²) in [5.41, 5.74) is 2.19. The molecule has 4 nitrogen and oxygen atoms in total. The van der Waals surface area contributed by atoms with Gasteiger partial charge in [-0.15, -0.1) is 22.0 Å². The van der Waals surface area contributed by atoms with E-state index in [1.807, 2.05) is 42.5 Å². The third-order valence-corrected chi connectivity index (χ3v) is 5.53. The third-order valence-electron chi connectivity index (χ3n) is 3.11. The smallest absolute Gasteiger partial charge is 0.236 e. The molecule has 7 heteroatoms. The predicted molar refractivity (Wildman–Crippen MR) is 104 cm³/mol. The normalized spacial score (nSPS) is 10.5. The summed E-state index contributed by atoms with van der Waals surface area (Å²) in [6.45, 7) is 0. The molecule has 0 saturated carbocycles. The third kappa shape index (κ3) is 4.90. The maximum absolute atomic E-state index is 12.0. The number of hydrogen-bond donors (Lipinski definition) is 1. The van der Waals surface area contributed by atoms with Crippen molar-refractivity contribution >= 4 is 50.1 Å². The van der Waals surface area contributed by atoms with Crippen molar-refractivity contribution in [3.8, 4) is 10.6 Å². The van der Waals surface area contributed by atoms with E-state index in [2.05, 4.69) is 43.6 Å². The fraction of sp³-hybridized carbons (Fsp3) is 0.118. The Bertz CT molecular complexity index is 806. The lowest BCUT2D eigenvalue weighted by atomic mass is 10.2. The number of nitrogens with zero attached hydrogens (tertiary/aromatic N) is 2. The van der Waals surface area contributed by atoms with Crippen LogP contribution in [0.2, 0.25) is 0 Å². The standard InChI is InChI=1S/C17H14BrN3OS2/c18-14-8-6-13(7-9-14)16-20-21-17(24-16)19-15(22)11-23-10-12-4-2-1-3-5-12/h1-9H,10-11H2,(H,19,21,22). The number of rotatable bonds is 6. The molecule has 0 fully saturated rings. The van der Waals surface area contributed by atoms with E-state index in [0.29, 0.717) is 10.9 Å². The molecular weight excluding hydrogens is 406 g/mol. The van der Waals surface area contributed by atoms with Gasteiger partial charge in [0.25, 0.3) is 0 Å². The first-order valence-corrected chi connectivity index (χ1v) is 9.98. The summed E-state index contributed by atoms with van der Waals surface area (Å²) >= 11 is 6.35. The SMILES string of the molecule is O=C(CSCc1ccccc1)Nc1nnc(-c2ccc(Br)cc2)s1. The van der Waals surface area contributed by atoms with Gasteiger partial charge < -0.3 is 0 Å². The van der Waals surface area contributed by atoms with Crippen LogP contribution in [0.15, 0.2) is 59.1 Å². The Balaban J connectivity index is 1.51. The molecule has 122 valence electrons. The highest BCUT2D eigenvalue weighted by atomic mass is 79.9. The van der Waals surface area contributed by atoms with Crippen molar-refractivity contribution in [1.29, 1.82) is 0 Å². The largest absolute Gasteiger partial charge is 0.300 e. The molecule has 0 spiro atoms. The number of hydrogen-bond acceptors (Lipinski definition) is 5. The van der Waals surface area contributed by atoms with Crippen LogP contribution in [0, 0.1) is 0 Å². The summed E-state index contributed by atoms with van der Waals surface area (Å²) in [7, 11) is 0. The number of halogens is 1. The number of carbonyl (C=O) groups excluding carboxylic acids is 1. The van der Waals surface area contributed by atoms with Crippen molar-refractivity contribution in [2.45, 2.75) is 5.75 Å². The van der Waals surface area contributed by atoms with Gasteiger partial charge in [0.2, 0.25) is 11.0 Å². The van der Waals surface area contributed by atoms with Crippen molar-refractivity contribution in [2.24, 2.45) is 0 Å². The molecule has 3 rings (SSSR count). The second-order valence-corrected chi connectivity index (χ2v) is 7.82. The Morgan fingerprint density at radius 1 is 1.08 bits per heavy atom. The fourth-order valence-electron chi connectivity index (χ4n) is 1.97. The van der Waals surface area contributed by atoms with Crippen LogP contribution < -0.4 is 5.32 Å². The number of nitrogens with one attached hydrogen (secondary N) is 1. The average Bonchev–Trinajstić information content (AvgIpc) is 3.05. The van der Waals surface area contributed by atoms with E-state index in [1.165, 1.54) is 16.9 Å². The minimum absolute atomic E-state index is 0.0607. The summed E-state index contributed by atoms with van der Waals surface area (Å²) in [6.07, 6.45) is 0. The van der Waals surface area contributed by atoms with Crippen LogP contribution in [0.5, 0.6) is 0 Å². The van der Waals surface area contributed by atoms with E-state index in [4.69, 9.17) is 0 Å². The first-order chi connectivity index (χ1) is 11.7. The summed E-state index contributed by atoms with van der Waals surface area (Å²) in [4.78, 5) is 12.0. The number of benzene rings is 2. The second-order valence-electron chi connectivity index (χ2n) is 4.95. The lowest BCUT2D eigenvalue weighted by molar-refractivity contribution is -0.113. The molecule has 0 aliphatic rings. The van der Waals surface area contributed by atoms with Gasteiger partial charge in [-0.25, -0.2) is 0 Å². The summed E-state index contributed by atoms with van der Waals surface area (Å²) in [5.74, 6) is 1.14. The molecule has 24 heavy (non-hydrogen) atoms. The highest BCUT2D eigenvalue weighted by molar-refractivity contribution is 9.10. The maximum atomic E-state index is 12.0. The Morgan fingerprint density at radius 2 is 1.83 bits per heavy atom. The van der Waals surface area contributed by atoms with Gasteiger partial charge in [-0.1, -0.05) is 69.7 Å². The van der Waals surface area contributed by atoms with Gasteiger partial charge >= 0.3 is 0 Å². The first kappa shape index (κ1) is 17.1. The molecule has 0 radical (unpaired) electrons. The van der Waals surface area contributed by atoms with E-state index in [-0.39, 0.29) is 5.91 Å². The van der Waals surface area contributed by atoms with E-state index < -0.39 is 0 Å². The fourth-order valence-corrected chi connectivity index (χ4v) is 3.79. The topological polar surface area (TPSA) is 54.9 Å². The summed E-state index contributed by atoms with van der Waals surface area (Å²) in [6, 6.07) is 17.9. The van der Waals surface area contributed by atoms with Gasteiger partial charge in [0.05, 0.1) is 5.75 Å². The number of thioether (sulfide) groups is 1. The van der Waals surface area contributed by atoms with Gasteiger partial charge in [-0.05, 0) is 17.7 Å². The van der Waals surface area contributed by atoms with Crippen LogP contribution in [0.3, 0.4) is 0 Å². The molecule has 0 atom stereocenters. The van der Waals surface area contributed by atoms with Gasteiger partial charge in [-0.2, -0.15) is 0 Å². The number of anilines is 1. The molecule has 0 bridgehead atoms. The Morgan fingerprint density at radius 3 is 2.58 bits per heavy atom. The highest BCUT2D eigenvalue weighted by Gasteiger charge is 2.10. The van der Waals surface area contributed by atoms with Crippen LogP contribution in [0.25, 0.3) is 10.6 Å². The molecule has 3 aromatic rings. The Labute approximate surface area is 156 Å². The average molecular weight is 420 g/mol. The molecular formula is C17H14BrN3OS2. The Hall–Kier alpha value is -1.70. The van der Waals surface area contributed by atoms with Crippen LogP contribution in [-0.2, 0) is 10.5 Å². The molecule has 2 aromatic carbocycles. The molecule has 1 aromatic heterocycles. The zero-order chi connectivity index (χ0) is 16.8. The summed E-state index contributed by atoms with van der Waals surface area (Å²) < 4.78 is 1.01. The van der Waals surface area contributed by atoms with Crippen LogP contribution in [0.1, 0.15) is 5.56 Å². The van der Waals surface area contributed by atoms with Crippen molar-refractivity contribution in [3.63, 3.8) is 0 Å². The van der Waals surface area contributed by atoms with E-state index >= 15 is 0 Å². The van der Waals surface area contributed by atoms with Crippen molar-refractivity contribution in [3.05, 3.63) is 64.6 Å². The molecule has 0 aliphatic heterocycles. The highest BCUT2D eigenvalue weighted by Crippen LogP contribution is 2.27. The van der Waals surface area contributed by atoms with Gasteiger partial charge in [0, 0.05) is 15.8 Å². The molecule has 1 N–H and O–H groups in total. The van der Waals surface area contributed by atoms with Gasteiger partial charge in [0.1, 0.15) is 5.01 Å². The lowest BCUT2D eigenvalue weighted by Crippen LogP contribution is -2.13. The molecule has 1 amide bonds. The minimum atomic E-state index is -0.0607. The zero-order valence-corrected chi connectivity index (χ0v) is 15.8. The first-order valence-electron chi connectivity index (χ1n) is 7.22. The maximum Gasteiger partial charge on any atom is 0.236 e. The van der Waals surface area contributed by atoms with Crippen molar-refractivity contribution in [1.82, 2.24) is 10.2 Å². The van der Waals surface area contributed by atoms with Crippen LogP contribution in [0.4, 0.5) is 5.13 Å². The van der Waals surface area contributed by atoms with Gasteiger partial charge in [-0.3, -0.25) is 10.1 Å². The van der Waals surface area contributed by atoms with Crippen molar-refractivity contribution in [2.75, 3.05) is 11.1 Å². The molecule has 0 aliphatic carbocycles. The number of aromatic nitrogens is 2. The monoisotopic (exact) mass is 419 g/mol. The van der Waals surface area contributed by atoms with E-state index in [9.17, 15) is 4.79 Å². The second kappa shape index (κ2) is 8.41. The molecule has 0 unspecified atom stereocenters. The molecule has 0 saturated heterocycles. The Kier molecular flexibility index (Phi) is 6.01. The van der Waals surface area contributed by atoms with Crippen LogP contribution in [-0.4, -0.2) is 21.9 Å². The molecule has 1 heterocycles.